The standard InChI is InChI=1S/C23H19Cl2N3O3S/c1-3-17-22(27(2)23(30)20-7-5-11-32-20)28-10-4-6-19(21(28)26-17)31-13-18(29)15-9-8-14(24)12-16(15)25/h4-12H,3,13H2,1-2H3. The molecule has 3 heterocycles. The Morgan fingerprint density at radius 3 is 2.69 bits per heavy atom. The van der Waals surface area contributed by atoms with Gasteiger partial charge in [-0.3, -0.25) is 18.9 Å². The number of fused-ring (bicyclic) bond motifs is 1. The van der Waals surface area contributed by atoms with Gasteiger partial charge in [0.25, 0.3) is 5.91 Å². The number of carbonyl (C=O) groups is 2. The average Bonchev–Trinajstić information content (AvgIpc) is 3.44. The van der Waals surface area contributed by atoms with Crippen LogP contribution in [0.25, 0.3) is 5.65 Å². The van der Waals surface area contributed by atoms with E-state index < -0.39 is 0 Å². The molecule has 4 rings (SSSR count). The molecule has 164 valence electrons. The number of ketones is 1. The summed E-state index contributed by atoms with van der Waals surface area (Å²) in [6, 6.07) is 11.9. The summed E-state index contributed by atoms with van der Waals surface area (Å²) in [4.78, 5) is 32.5. The molecule has 0 aliphatic heterocycles. The van der Waals surface area contributed by atoms with Gasteiger partial charge in [-0.05, 0) is 48.2 Å². The van der Waals surface area contributed by atoms with Crippen LogP contribution in [-0.4, -0.2) is 34.7 Å². The SMILES string of the molecule is CCc1nc2c(OCC(=O)c3ccc(Cl)cc3Cl)cccn2c1N(C)C(=O)c1cccs1. The Balaban J connectivity index is 1.64. The summed E-state index contributed by atoms with van der Waals surface area (Å²) in [7, 11) is 1.73. The number of rotatable bonds is 7. The number of benzene rings is 1. The van der Waals surface area contributed by atoms with E-state index in [0.29, 0.717) is 39.1 Å². The lowest BCUT2D eigenvalue weighted by atomic mass is 10.1. The number of Topliss-reactive ketones (excluding diaryl/α,β-unsaturated/α-hetero) is 1. The van der Waals surface area contributed by atoms with E-state index in [4.69, 9.17) is 27.9 Å². The summed E-state index contributed by atoms with van der Waals surface area (Å²) in [5, 5.41) is 2.59. The fourth-order valence-electron chi connectivity index (χ4n) is 3.38. The number of aryl methyl sites for hydroxylation is 1. The Hall–Kier alpha value is -2.87. The summed E-state index contributed by atoms with van der Waals surface area (Å²) >= 11 is 13.4. The molecule has 32 heavy (non-hydrogen) atoms. The molecule has 0 saturated heterocycles. The first kappa shape index (κ1) is 22.3. The van der Waals surface area contributed by atoms with Crippen molar-refractivity contribution in [1.29, 1.82) is 0 Å². The van der Waals surface area contributed by atoms with Crippen molar-refractivity contribution in [2.45, 2.75) is 13.3 Å². The fourth-order valence-corrected chi connectivity index (χ4v) is 4.59. The molecular weight excluding hydrogens is 469 g/mol. The van der Waals surface area contributed by atoms with Crippen LogP contribution in [0, 0.1) is 0 Å². The Morgan fingerprint density at radius 1 is 1.19 bits per heavy atom. The molecular formula is C23H19Cl2N3O3S. The number of aromatic nitrogens is 2. The largest absolute Gasteiger partial charge is 0.482 e. The molecule has 0 atom stereocenters. The molecule has 0 unspecified atom stereocenters. The van der Waals surface area contributed by atoms with E-state index in [9.17, 15) is 9.59 Å². The minimum atomic E-state index is -0.277. The van der Waals surface area contributed by atoms with Crippen molar-refractivity contribution >= 4 is 57.7 Å². The normalized spacial score (nSPS) is 11.0. The first-order valence-corrected chi connectivity index (χ1v) is 11.5. The molecule has 0 spiro atoms. The molecule has 1 aromatic carbocycles. The Labute approximate surface area is 199 Å². The van der Waals surface area contributed by atoms with Crippen LogP contribution in [0.15, 0.2) is 54.0 Å². The predicted octanol–water partition coefficient (Wildman–Crippen LogP) is 5.80. The molecule has 0 radical (unpaired) electrons. The fraction of sp³-hybridized carbons (Fsp3) is 0.174. The Kier molecular flexibility index (Phi) is 6.50. The highest BCUT2D eigenvalue weighted by Crippen LogP contribution is 2.30. The number of carbonyl (C=O) groups excluding carboxylic acids is 2. The van der Waals surface area contributed by atoms with Gasteiger partial charge in [0.15, 0.2) is 18.0 Å². The predicted molar refractivity (Wildman–Crippen MR) is 128 cm³/mol. The van der Waals surface area contributed by atoms with Crippen molar-refractivity contribution in [2.24, 2.45) is 0 Å². The van der Waals surface area contributed by atoms with Gasteiger partial charge in [-0.15, -0.1) is 11.3 Å². The molecule has 0 fully saturated rings. The second kappa shape index (κ2) is 9.32. The van der Waals surface area contributed by atoms with Crippen LogP contribution in [0.2, 0.25) is 10.0 Å². The number of hydrogen-bond acceptors (Lipinski definition) is 5. The summed E-state index contributed by atoms with van der Waals surface area (Å²) in [5.74, 6) is 0.707. The van der Waals surface area contributed by atoms with Crippen LogP contribution in [0.4, 0.5) is 5.82 Å². The Morgan fingerprint density at radius 2 is 2.00 bits per heavy atom. The molecule has 6 nitrogen and oxygen atoms in total. The highest BCUT2D eigenvalue weighted by molar-refractivity contribution is 7.12. The van der Waals surface area contributed by atoms with Crippen molar-refractivity contribution in [1.82, 2.24) is 9.38 Å². The number of hydrogen-bond donors (Lipinski definition) is 0. The minimum absolute atomic E-state index is 0.115. The van der Waals surface area contributed by atoms with Gasteiger partial charge < -0.3 is 4.74 Å². The van der Waals surface area contributed by atoms with E-state index in [0.717, 1.165) is 5.69 Å². The van der Waals surface area contributed by atoms with Gasteiger partial charge in [-0.25, -0.2) is 4.98 Å². The molecule has 0 saturated carbocycles. The van der Waals surface area contributed by atoms with Crippen molar-refractivity contribution in [3.05, 3.63) is 80.2 Å². The zero-order valence-electron chi connectivity index (χ0n) is 17.3. The first-order chi connectivity index (χ1) is 15.4. The second-order valence-corrected chi connectivity index (χ2v) is 8.77. The van der Waals surface area contributed by atoms with Gasteiger partial charge in [0.1, 0.15) is 5.82 Å². The van der Waals surface area contributed by atoms with Gasteiger partial charge in [0.05, 0.1) is 15.6 Å². The number of thiophene rings is 1. The van der Waals surface area contributed by atoms with Crippen molar-refractivity contribution in [2.75, 3.05) is 18.6 Å². The van der Waals surface area contributed by atoms with E-state index in [1.54, 1.807) is 46.7 Å². The maximum atomic E-state index is 12.9. The monoisotopic (exact) mass is 487 g/mol. The van der Waals surface area contributed by atoms with Gasteiger partial charge in [-0.1, -0.05) is 36.2 Å². The van der Waals surface area contributed by atoms with Crippen LogP contribution in [0.5, 0.6) is 5.75 Å². The van der Waals surface area contributed by atoms with Crippen molar-refractivity contribution < 1.29 is 14.3 Å². The van der Waals surface area contributed by atoms with Crippen LogP contribution in [0.1, 0.15) is 32.6 Å². The van der Waals surface area contributed by atoms with E-state index in [1.165, 1.54) is 17.4 Å². The molecule has 0 aliphatic carbocycles. The summed E-state index contributed by atoms with van der Waals surface area (Å²) < 4.78 is 7.63. The zero-order valence-corrected chi connectivity index (χ0v) is 19.7. The molecule has 4 aromatic rings. The topological polar surface area (TPSA) is 63.9 Å². The Bertz CT molecular complexity index is 1300. The second-order valence-electron chi connectivity index (χ2n) is 6.98. The number of imidazole rings is 1. The summed E-state index contributed by atoms with van der Waals surface area (Å²) in [6.45, 7) is 1.76. The number of halogens is 2. The van der Waals surface area contributed by atoms with E-state index in [-0.39, 0.29) is 23.3 Å². The number of nitrogens with zero attached hydrogens (tertiary/aromatic N) is 3. The molecule has 0 N–H and O–H groups in total. The molecule has 1 amide bonds. The van der Waals surface area contributed by atoms with Gasteiger partial charge >= 0.3 is 0 Å². The molecule has 9 heteroatoms. The van der Waals surface area contributed by atoms with Gasteiger partial charge in [0.2, 0.25) is 5.78 Å². The number of pyridine rings is 1. The summed E-state index contributed by atoms with van der Waals surface area (Å²) in [6.07, 6.45) is 2.44. The third-order valence-electron chi connectivity index (χ3n) is 4.94. The lowest BCUT2D eigenvalue weighted by molar-refractivity contribution is 0.0922. The summed E-state index contributed by atoms with van der Waals surface area (Å²) in [5.41, 5.74) is 1.61. The zero-order chi connectivity index (χ0) is 22.8. The maximum absolute atomic E-state index is 12.9. The minimum Gasteiger partial charge on any atom is -0.482 e. The highest BCUT2D eigenvalue weighted by Gasteiger charge is 2.23. The van der Waals surface area contributed by atoms with E-state index >= 15 is 0 Å². The first-order valence-electron chi connectivity index (χ1n) is 9.83. The third-order valence-corrected chi connectivity index (χ3v) is 6.34. The lowest BCUT2D eigenvalue weighted by Crippen LogP contribution is -2.27. The molecule has 0 aliphatic rings. The van der Waals surface area contributed by atoms with E-state index in [1.807, 2.05) is 24.6 Å². The quantitative estimate of drug-likeness (QED) is 0.309. The van der Waals surface area contributed by atoms with E-state index in [2.05, 4.69) is 4.98 Å². The van der Waals surface area contributed by atoms with Crippen molar-refractivity contribution in [3.8, 4) is 5.75 Å². The molecule has 3 aromatic heterocycles. The number of amides is 1. The lowest BCUT2D eigenvalue weighted by Gasteiger charge is -2.17. The van der Waals surface area contributed by atoms with Crippen LogP contribution < -0.4 is 9.64 Å². The third kappa shape index (κ3) is 4.24. The number of anilines is 1. The maximum Gasteiger partial charge on any atom is 0.269 e. The highest BCUT2D eigenvalue weighted by atomic mass is 35.5. The van der Waals surface area contributed by atoms with Gasteiger partial charge in [0, 0.05) is 23.8 Å². The van der Waals surface area contributed by atoms with Gasteiger partial charge in [-0.2, -0.15) is 0 Å². The average molecular weight is 488 g/mol. The van der Waals surface area contributed by atoms with Crippen LogP contribution in [-0.2, 0) is 6.42 Å². The smallest absolute Gasteiger partial charge is 0.269 e. The van der Waals surface area contributed by atoms with Crippen LogP contribution in [0.3, 0.4) is 0 Å². The number of ether oxygens (including phenoxy) is 1. The van der Waals surface area contributed by atoms with Crippen LogP contribution >= 0.6 is 34.5 Å². The molecule has 0 bridgehead atoms. The van der Waals surface area contributed by atoms with Crippen molar-refractivity contribution in [3.63, 3.8) is 0 Å².